The number of anilines is 1. The maximum atomic E-state index is 12.8. The lowest BCUT2D eigenvalue weighted by Crippen LogP contribution is -2.46. The first-order valence-corrected chi connectivity index (χ1v) is 8.52. The van der Waals surface area contributed by atoms with E-state index in [-0.39, 0.29) is 23.8 Å². The highest BCUT2D eigenvalue weighted by Gasteiger charge is 2.38. The molecule has 0 bridgehead atoms. The summed E-state index contributed by atoms with van der Waals surface area (Å²) >= 11 is 0. The summed E-state index contributed by atoms with van der Waals surface area (Å²) in [5.41, 5.74) is 0.820. The smallest absolute Gasteiger partial charge is 0.228 e. The van der Waals surface area contributed by atoms with Gasteiger partial charge in [0, 0.05) is 31.7 Å². The Morgan fingerprint density at radius 3 is 2.54 bits per heavy atom. The van der Waals surface area contributed by atoms with Crippen molar-refractivity contribution in [3.8, 4) is 5.75 Å². The van der Waals surface area contributed by atoms with E-state index in [9.17, 15) is 9.59 Å². The predicted octanol–water partition coefficient (Wildman–Crippen LogP) is 1.26. The van der Waals surface area contributed by atoms with E-state index < -0.39 is 0 Å². The monoisotopic (exact) mass is 331 g/mol. The molecule has 1 N–H and O–H groups in total. The number of piperidine rings is 1. The van der Waals surface area contributed by atoms with Crippen LogP contribution in [0.15, 0.2) is 24.3 Å². The molecule has 1 aromatic carbocycles. The number of amides is 2. The lowest BCUT2D eigenvalue weighted by molar-refractivity contribution is -0.137. The maximum Gasteiger partial charge on any atom is 0.228 e. The molecule has 3 rings (SSSR count). The molecular formula is C18H25N3O3. The zero-order chi connectivity index (χ0) is 17.1. The molecule has 2 aliphatic heterocycles. The summed E-state index contributed by atoms with van der Waals surface area (Å²) in [6, 6.07) is 7.67. The lowest BCUT2D eigenvalue weighted by atomic mass is 10.0. The first-order valence-electron chi connectivity index (χ1n) is 8.52. The zero-order valence-corrected chi connectivity index (χ0v) is 14.3. The molecule has 2 fully saturated rings. The van der Waals surface area contributed by atoms with Gasteiger partial charge < -0.3 is 19.9 Å². The van der Waals surface area contributed by atoms with Crippen LogP contribution in [0.4, 0.5) is 5.69 Å². The van der Waals surface area contributed by atoms with Crippen LogP contribution in [0.1, 0.15) is 19.3 Å². The molecule has 2 amide bonds. The number of hydrogen-bond donors (Lipinski definition) is 1. The molecule has 2 heterocycles. The molecule has 0 aliphatic carbocycles. The van der Waals surface area contributed by atoms with Gasteiger partial charge in [-0.25, -0.2) is 0 Å². The SMILES string of the molecule is COc1ccc(N2CC(C(=O)N(C)C3CCNCC3)CC2=O)cc1. The van der Waals surface area contributed by atoms with Crippen LogP contribution < -0.4 is 15.0 Å². The van der Waals surface area contributed by atoms with Gasteiger partial charge in [-0.15, -0.1) is 0 Å². The number of ether oxygens (including phenoxy) is 1. The molecule has 0 saturated carbocycles. The van der Waals surface area contributed by atoms with Crippen molar-refractivity contribution in [1.29, 1.82) is 0 Å². The molecule has 1 unspecified atom stereocenters. The van der Waals surface area contributed by atoms with Gasteiger partial charge in [0.05, 0.1) is 13.0 Å². The third-order valence-corrected chi connectivity index (χ3v) is 5.06. The lowest BCUT2D eigenvalue weighted by Gasteiger charge is -2.33. The van der Waals surface area contributed by atoms with E-state index in [0.717, 1.165) is 37.4 Å². The van der Waals surface area contributed by atoms with Crippen molar-refractivity contribution in [3.63, 3.8) is 0 Å². The molecular weight excluding hydrogens is 306 g/mol. The number of benzene rings is 1. The number of carbonyl (C=O) groups excluding carboxylic acids is 2. The second-order valence-corrected chi connectivity index (χ2v) is 6.53. The maximum absolute atomic E-state index is 12.8. The van der Waals surface area contributed by atoms with Gasteiger partial charge in [-0.1, -0.05) is 0 Å². The zero-order valence-electron chi connectivity index (χ0n) is 14.3. The van der Waals surface area contributed by atoms with Crippen LogP contribution >= 0.6 is 0 Å². The van der Waals surface area contributed by atoms with Gasteiger partial charge in [0.15, 0.2) is 0 Å². The predicted molar refractivity (Wildman–Crippen MR) is 92.1 cm³/mol. The van der Waals surface area contributed by atoms with Crippen molar-refractivity contribution in [1.82, 2.24) is 10.2 Å². The molecule has 1 aromatic rings. The van der Waals surface area contributed by atoms with Crippen LogP contribution in [-0.2, 0) is 9.59 Å². The van der Waals surface area contributed by atoms with Gasteiger partial charge in [-0.05, 0) is 50.2 Å². The summed E-state index contributed by atoms with van der Waals surface area (Å²) in [6.45, 7) is 2.35. The summed E-state index contributed by atoms with van der Waals surface area (Å²) < 4.78 is 5.15. The van der Waals surface area contributed by atoms with Gasteiger partial charge in [0.1, 0.15) is 5.75 Å². The van der Waals surface area contributed by atoms with Gasteiger partial charge in [-0.2, -0.15) is 0 Å². The fraction of sp³-hybridized carbons (Fsp3) is 0.556. The van der Waals surface area contributed by atoms with E-state index in [0.29, 0.717) is 13.0 Å². The molecule has 0 aromatic heterocycles. The first kappa shape index (κ1) is 16.8. The Balaban J connectivity index is 1.65. The number of methoxy groups -OCH3 is 1. The summed E-state index contributed by atoms with van der Waals surface area (Å²) in [6.07, 6.45) is 2.25. The highest BCUT2D eigenvalue weighted by atomic mass is 16.5. The number of rotatable bonds is 4. The van der Waals surface area contributed by atoms with Crippen molar-refractivity contribution in [2.75, 3.05) is 38.7 Å². The van der Waals surface area contributed by atoms with Gasteiger partial charge in [-0.3, -0.25) is 9.59 Å². The minimum absolute atomic E-state index is 0.0113. The molecule has 0 spiro atoms. The second-order valence-electron chi connectivity index (χ2n) is 6.53. The van der Waals surface area contributed by atoms with Crippen molar-refractivity contribution < 1.29 is 14.3 Å². The van der Waals surface area contributed by atoms with Gasteiger partial charge in [0.25, 0.3) is 0 Å². The fourth-order valence-electron chi connectivity index (χ4n) is 3.55. The standard InChI is InChI=1S/C18H25N3O3/c1-20(14-7-9-19-10-8-14)18(23)13-11-17(22)21(12-13)15-3-5-16(24-2)6-4-15/h3-6,13-14,19H,7-12H2,1-2H3. The Morgan fingerprint density at radius 1 is 1.25 bits per heavy atom. The quantitative estimate of drug-likeness (QED) is 0.902. The molecule has 1 atom stereocenters. The van der Waals surface area contributed by atoms with E-state index in [4.69, 9.17) is 4.74 Å². The van der Waals surface area contributed by atoms with Crippen LogP contribution in [0.5, 0.6) is 5.75 Å². The Hall–Kier alpha value is -2.08. The van der Waals surface area contributed by atoms with E-state index in [1.807, 2.05) is 36.2 Å². The number of carbonyl (C=O) groups is 2. The first-order chi connectivity index (χ1) is 11.6. The second kappa shape index (κ2) is 7.21. The number of hydrogen-bond acceptors (Lipinski definition) is 4. The van der Waals surface area contributed by atoms with Crippen molar-refractivity contribution in [3.05, 3.63) is 24.3 Å². The topological polar surface area (TPSA) is 61.9 Å². The molecule has 130 valence electrons. The average molecular weight is 331 g/mol. The van der Waals surface area contributed by atoms with Crippen LogP contribution in [0.2, 0.25) is 0 Å². The van der Waals surface area contributed by atoms with Crippen LogP contribution in [0.3, 0.4) is 0 Å². The normalized spacial score (nSPS) is 21.8. The average Bonchev–Trinajstić information content (AvgIpc) is 3.03. The highest BCUT2D eigenvalue weighted by Crippen LogP contribution is 2.28. The summed E-state index contributed by atoms with van der Waals surface area (Å²) in [7, 11) is 3.49. The van der Waals surface area contributed by atoms with Crippen LogP contribution in [-0.4, -0.2) is 56.5 Å². The van der Waals surface area contributed by atoms with Crippen LogP contribution in [0.25, 0.3) is 0 Å². The summed E-state index contributed by atoms with van der Waals surface area (Å²) in [5, 5.41) is 3.31. The minimum atomic E-state index is -0.250. The molecule has 6 nitrogen and oxygen atoms in total. The van der Waals surface area contributed by atoms with Gasteiger partial charge >= 0.3 is 0 Å². The Labute approximate surface area is 142 Å². The third-order valence-electron chi connectivity index (χ3n) is 5.06. The Morgan fingerprint density at radius 2 is 1.92 bits per heavy atom. The van der Waals surface area contributed by atoms with Crippen LogP contribution in [0, 0.1) is 5.92 Å². The van der Waals surface area contributed by atoms with E-state index in [1.165, 1.54) is 0 Å². The van der Waals surface area contributed by atoms with Gasteiger partial charge in [0.2, 0.25) is 11.8 Å². The molecule has 2 aliphatic rings. The molecule has 2 saturated heterocycles. The number of nitrogens with one attached hydrogen (secondary N) is 1. The van der Waals surface area contributed by atoms with E-state index >= 15 is 0 Å². The fourth-order valence-corrected chi connectivity index (χ4v) is 3.55. The Kier molecular flexibility index (Phi) is 5.04. The highest BCUT2D eigenvalue weighted by molar-refractivity contribution is 6.00. The largest absolute Gasteiger partial charge is 0.497 e. The van der Waals surface area contributed by atoms with Crippen molar-refractivity contribution >= 4 is 17.5 Å². The number of nitrogens with zero attached hydrogens (tertiary/aromatic N) is 2. The summed E-state index contributed by atoms with van der Waals surface area (Å²) in [4.78, 5) is 28.7. The van der Waals surface area contributed by atoms with Crippen molar-refractivity contribution in [2.24, 2.45) is 5.92 Å². The Bertz CT molecular complexity index is 596. The molecule has 0 radical (unpaired) electrons. The molecule has 24 heavy (non-hydrogen) atoms. The third kappa shape index (κ3) is 3.38. The van der Waals surface area contributed by atoms with E-state index in [1.54, 1.807) is 12.0 Å². The van der Waals surface area contributed by atoms with E-state index in [2.05, 4.69) is 5.32 Å². The van der Waals surface area contributed by atoms with Crippen molar-refractivity contribution in [2.45, 2.75) is 25.3 Å². The minimum Gasteiger partial charge on any atom is -0.497 e. The molecule has 6 heteroatoms. The summed E-state index contributed by atoms with van der Waals surface area (Å²) in [5.74, 6) is 0.603.